The topological polar surface area (TPSA) is 0 Å². The molecule has 0 aliphatic heterocycles. The molecular formula is C32H64. The van der Waals surface area contributed by atoms with E-state index in [0.717, 1.165) is 0 Å². The minimum atomic E-state index is 0. The molecule has 2 rings (SSSR count). The van der Waals surface area contributed by atoms with Crippen LogP contribution in [0.5, 0.6) is 0 Å². The van der Waals surface area contributed by atoms with E-state index >= 15 is 0 Å². The number of rotatable bonds is 4. The predicted molar refractivity (Wildman–Crippen MR) is 158 cm³/mol. The van der Waals surface area contributed by atoms with Crippen LogP contribution in [0.15, 0.2) is 48.5 Å². The molecule has 2 aromatic rings. The van der Waals surface area contributed by atoms with E-state index < -0.39 is 0 Å². The van der Waals surface area contributed by atoms with Crippen LogP contribution in [0.2, 0.25) is 0 Å². The summed E-state index contributed by atoms with van der Waals surface area (Å²) in [5.74, 6) is 0. The van der Waals surface area contributed by atoms with Gasteiger partial charge in [-0.3, -0.25) is 0 Å². The first-order chi connectivity index (χ1) is 15.0. The van der Waals surface area contributed by atoms with Gasteiger partial charge in [0.2, 0.25) is 0 Å². The third kappa shape index (κ3) is 39.0. The van der Waals surface area contributed by atoms with Gasteiger partial charge in [-0.25, -0.2) is 0 Å². The number of unbranched alkanes of at least 4 members (excludes halogenated alkanes) is 2. The fraction of sp³-hybridized carbons (Fsp3) is 0.625. The van der Waals surface area contributed by atoms with Crippen LogP contribution in [0.4, 0.5) is 0 Å². The molecule has 0 aliphatic carbocycles. The zero-order chi connectivity index (χ0) is 25.5. The Balaban J connectivity index is -0.0000000713. The molecule has 0 heterocycles. The summed E-state index contributed by atoms with van der Waals surface area (Å²) >= 11 is 0. The van der Waals surface area contributed by atoms with Crippen LogP contribution >= 0.6 is 0 Å². The monoisotopic (exact) mass is 449 g/mol. The fourth-order valence-electron chi connectivity index (χ4n) is 1.77. The van der Waals surface area contributed by atoms with Gasteiger partial charge in [-0.05, 0) is 39.2 Å². The second kappa shape index (κ2) is 43.3. The molecule has 32 heavy (non-hydrogen) atoms. The minimum Gasteiger partial charge on any atom is -0.0776 e. The van der Waals surface area contributed by atoms with Crippen molar-refractivity contribution >= 4 is 0 Å². The highest BCUT2D eigenvalue weighted by Gasteiger charge is 1.90. The number of hydrogen-bond donors (Lipinski definition) is 0. The van der Waals surface area contributed by atoms with Gasteiger partial charge in [0.25, 0.3) is 0 Å². The average molecular weight is 449 g/mol. The van der Waals surface area contributed by atoms with Gasteiger partial charge in [0.05, 0.1) is 0 Å². The maximum Gasteiger partial charge on any atom is -0.0279 e. The van der Waals surface area contributed by atoms with Crippen molar-refractivity contribution < 1.29 is 0 Å². The molecule has 0 aromatic heterocycles. The minimum absolute atomic E-state index is 0. The molecule has 0 nitrogen and oxygen atoms in total. The molecule has 0 spiro atoms. The van der Waals surface area contributed by atoms with Crippen molar-refractivity contribution in [1.82, 2.24) is 0 Å². The van der Waals surface area contributed by atoms with Gasteiger partial charge in [-0.2, -0.15) is 0 Å². The molecule has 0 unspecified atom stereocenters. The Bertz CT molecular complexity index is 453. The van der Waals surface area contributed by atoms with Crippen molar-refractivity contribution in [2.24, 2.45) is 0 Å². The van der Waals surface area contributed by atoms with Crippen molar-refractivity contribution in [3.05, 3.63) is 70.8 Å². The molecule has 0 saturated carbocycles. The second-order valence-corrected chi connectivity index (χ2v) is 6.24. The normalized spacial score (nSPS) is 7.44. The molecule has 0 amide bonds. The molecule has 0 bridgehead atoms. The van der Waals surface area contributed by atoms with E-state index in [1.807, 2.05) is 55.4 Å². The summed E-state index contributed by atoms with van der Waals surface area (Å²) in [7, 11) is 0. The lowest BCUT2D eigenvalue weighted by molar-refractivity contribution is 0.795. The number of benzene rings is 2. The summed E-state index contributed by atoms with van der Waals surface area (Å²) in [5, 5.41) is 0. The van der Waals surface area contributed by atoms with Crippen LogP contribution < -0.4 is 0 Å². The molecule has 0 aliphatic rings. The van der Waals surface area contributed by atoms with Crippen LogP contribution in [0.25, 0.3) is 0 Å². The first kappa shape index (κ1) is 44.2. The highest BCUT2D eigenvalue weighted by molar-refractivity contribution is 5.21. The van der Waals surface area contributed by atoms with E-state index in [-0.39, 0.29) is 7.43 Å². The molecule has 0 heteroatoms. The first-order valence-electron chi connectivity index (χ1n) is 13.1. The Kier molecular flexibility index (Phi) is 59.8. The van der Waals surface area contributed by atoms with E-state index in [4.69, 9.17) is 0 Å². The van der Waals surface area contributed by atoms with Crippen LogP contribution in [-0.2, 0) is 6.42 Å². The summed E-state index contributed by atoms with van der Waals surface area (Å²) < 4.78 is 0. The summed E-state index contributed by atoms with van der Waals surface area (Å²) in [6.07, 6.45) is 6.47. The highest BCUT2D eigenvalue weighted by Crippen LogP contribution is 2.06. The van der Waals surface area contributed by atoms with Crippen molar-refractivity contribution in [1.29, 1.82) is 0 Å². The zero-order valence-electron chi connectivity index (χ0n) is 24.2. The maximum atomic E-state index is 2.23. The van der Waals surface area contributed by atoms with Gasteiger partial charge in [0, 0.05) is 0 Å². The Labute approximate surface area is 207 Å². The van der Waals surface area contributed by atoms with Crippen molar-refractivity contribution in [2.45, 2.75) is 136 Å². The Hall–Kier alpha value is -1.56. The molecular weight excluding hydrogens is 384 g/mol. The first-order valence-corrected chi connectivity index (χ1v) is 13.1. The molecule has 0 fully saturated rings. The summed E-state index contributed by atoms with van der Waals surface area (Å²) in [6, 6.07) is 17.3. The third-order valence-electron chi connectivity index (χ3n) is 3.66. The maximum absolute atomic E-state index is 2.23. The lowest BCUT2D eigenvalue weighted by Crippen LogP contribution is -1.83. The quantitative estimate of drug-likeness (QED) is 0.436. The summed E-state index contributed by atoms with van der Waals surface area (Å²) in [4.78, 5) is 0. The van der Waals surface area contributed by atoms with E-state index in [1.54, 1.807) is 0 Å². The van der Waals surface area contributed by atoms with Gasteiger partial charge in [-0.15, -0.1) is 0 Å². The van der Waals surface area contributed by atoms with Gasteiger partial charge in [0.15, 0.2) is 0 Å². The fourth-order valence-corrected chi connectivity index (χ4v) is 1.77. The Morgan fingerprint density at radius 3 is 0.906 bits per heavy atom. The van der Waals surface area contributed by atoms with Gasteiger partial charge in [0.1, 0.15) is 0 Å². The van der Waals surface area contributed by atoms with E-state index in [0.29, 0.717) is 0 Å². The van der Waals surface area contributed by atoms with Gasteiger partial charge >= 0.3 is 0 Å². The highest BCUT2D eigenvalue weighted by atomic mass is 14.0. The van der Waals surface area contributed by atoms with Crippen molar-refractivity contribution in [3.63, 3.8) is 0 Å². The summed E-state index contributed by atoms with van der Waals surface area (Å²) in [5.41, 5.74) is 5.48. The van der Waals surface area contributed by atoms with Crippen LogP contribution in [-0.4, -0.2) is 0 Å². The smallest absolute Gasteiger partial charge is 0.0279 e. The Morgan fingerprint density at radius 1 is 0.438 bits per heavy atom. The second-order valence-electron chi connectivity index (χ2n) is 6.24. The van der Waals surface area contributed by atoms with Crippen LogP contribution in [0, 0.1) is 20.8 Å². The lowest BCUT2D eigenvalue weighted by Gasteiger charge is -1.99. The zero-order valence-corrected chi connectivity index (χ0v) is 24.2. The van der Waals surface area contributed by atoms with E-state index in [9.17, 15) is 0 Å². The number of aryl methyl sites for hydroxylation is 4. The Morgan fingerprint density at radius 2 is 0.688 bits per heavy atom. The third-order valence-corrected chi connectivity index (χ3v) is 3.66. The van der Waals surface area contributed by atoms with Crippen LogP contribution in [0.3, 0.4) is 0 Å². The molecule has 0 atom stereocenters. The van der Waals surface area contributed by atoms with Crippen molar-refractivity contribution in [3.8, 4) is 0 Å². The largest absolute Gasteiger partial charge is 0.0776 e. The van der Waals surface area contributed by atoms with E-state index in [2.05, 4.69) is 90.1 Å². The van der Waals surface area contributed by atoms with Crippen molar-refractivity contribution in [2.75, 3.05) is 0 Å². The predicted octanol–water partition coefficient (Wildman–Crippen LogP) is 12.2. The van der Waals surface area contributed by atoms with Crippen LogP contribution in [0.1, 0.15) is 132 Å². The average Bonchev–Trinajstić information content (AvgIpc) is 2.86. The molecule has 2 aromatic carbocycles. The molecule has 0 saturated heterocycles. The SMILES string of the molecule is C.CC.CC.CC.CC.CCCC.CCCCc1ccc(C)cc1.Cc1ccc(C)cc1. The van der Waals surface area contributed by atoms with E-state index in [1.165, 1.54) is 54.4 Å². The van der Waals surface area contributed by atoms with Gasteiger partial charge in [-0.1, -0.05) is 168 Å². The molecule has 0 radical (unpaired) electrons. The lowest BCUT2D eigenvalue weighted by atomic mass is 10.1. The molecule has 192 valence electrons. The van der Waals surface area contributed by atoms with Gasteiger partial charge < -0.3 is 0 Å². The molecule has 0 N–H and O–H groups in total. The number of hydrogen-bond acceptors (Lipinski definition) is 0. The standard InChI is InChI=1S/C11H16.C8H10.C4H10.4C2H6.CH4/c1-3-4-5-11-8-6-10(2)7-9-11;1-7-3-5-8(2)6-4-7;1-3-4-2;4*1-2;/h6-9H,3-5H2,1-2H3;3-6H,1-2H3;3-4H2,1-2H3;4*1-2H3;1H4. The summed E-state index contributed by atoms with van der Waals surface area (Å²) in [6.45, 7) is 28.9.